The Balaban J connectivity index is 2.65. The maximum atomic E-state index is 9.65. The third-order valence-electron chi connectivity index (χ3n) is 2.12. The molecular weight excluding hydrogens is 246 g/mol. The average Bonchev–Trinajstić information content (AvgIpc) is 2.59. The van der Waals surface area contributed by atoms with Crippen LogP contribution in [-0.4, -0.2) is 21.0 Å². The lowest BCUT2D eigenvalue weighted by Gasteiger charge is -2.10. The molecule has 1 unspecified atom stereocenters. The molecule has 2 heterocycles. The fourth-order valence-electron chi connectivity index (χ4n) is 1.40. The zero-order valence-electron chi connectivity index (χ0n) is 7.39. The molecule has 0 aliphatic heterocycles. The molecule has 2 aromatic heterocycles. The number of hydrogen-bond donors (Lipinski definition) is 2. The molecule has 0 spiro atoms. The minimum atomic E-state index is -0.653. The fourth-order valence-corrected chi connectivity index (χ4v) is 1.82. The molecule has 2 rings (SSSR count). The normalized spacial score (nSPS) is 13.4. The van der Waals surface area contributed by atoms with E-state index in [0.717, 1.165) is 15.8 Å². The molecule has 0 amide bonds. The van der Waals surface area contributed by atoms with Gasteiger partial charge in [-0.05, 0) is 28.1 Å². The van der Waals surface area contributed by atoms with Gasteiger partial charge < -0.3 is 10.8 Å². The molecule has 0 bridgehead atoms. The van der Waals surface area contributed by atoms with E-state index in [1.807, 2.05) is 22.6 Å². The minimum absolute atomic E-state index is 0.203. The molecule has 0 saturated carbocycles. The van der Waals surface area contributed by atoms with Gasteiger partial charge in [0.05, 0.1) is 11.2 Å². The van der Waals surface area contributed by atoms with Crippen molar-refractivity contribution in [3.05, 3.63) is 34.8 Å². The maximum Gasteiger partial charge on any atom is 0.131 e. The van der Waals surface area contributed by atoms with Gasteiger partial charge in [0, 0.05) is 6.54 Å². The van der Waals surface area contributed by atoms with Gasteiger partial charge in [-0.2, -0.15) is 0 Å². The van der Waals surface area contributed by atoms with Crippen LogP contribution in [0, 0.1) is 0 Å². The van der Waals surface area contributed by atoms with Crippen LogP contribution in [-0.2, 0) is 0 Å². The second-order valence-corrected chi connectivity index (χ2v) is 3.74. The van der Waals surface area contributed by atoms with Gasteiger partial charge in [-0.15, -0.1) is 0 Å². The van der Waals surface area contributed by atoms with E-state index in [1.165, 1.54) is 0 Å². The van der Waals surface area contributed by atoms with Crippen molar-refractivity contribution in [1.82, 2.24) is 9.38 Å². The fraction of sp³-hybridized carbons (Fsp3) is 0.222. The Morgan fingerprint density at radius 1 is 1.57 bits per heavy atom. The van der Waals surface area contributed by atoms with Crippen LogP contribution in [0.25, 0.3) is 5.52 Å². The Bertz CT molecular complexity index is 454. The Kier molecular flexibility index (Phi) is 2.54. The van der Waals surface area contributed by atoms with Crippen molar-refractivity contribution in [2.45, 2.75) is 6.10 Å². The Hall–Kier alpha value is -0.910. The first kappa shape index (κ1) is 9.64. The highest BCUT2D eigenvalue weighted by atomic mass is 79.9. The van der Waals surface area contributed by atoms with Gasteiger partial charge >= 0.3 is 0 Å². The van der Waals surface area contributed by atoms with Crippen LogP contribution in [0.2, 0.25) is 0 Å². The molecule has 0 aliphatic rings. The summed E-state index contributed by atoms with van der Waals surface area (Å²) in [5, 5.41) is 9.65. The van der Waals surface area contributed by atoms with Crippen LogP contribution in [0.4, 0.5) is 0 Å². The monoisotopic (exact) mass is 255 g/mol. The second-order valence-electron chi connectivity index (χ2n) is 2.99. The number of rotatable bonds is 2. The summed E-state index contributed by atoms with van der Waals surface area (Å²) in [4.78, 5) is 4.10. The van der Waals surface area contributed by atoms with Gasteiger partial charge in [0.25, 0.3) is 0 Å². The maximum absolute atomic E-state index is 9.65. The molecular formula is C9H10BrN3O. The van der Waals surface area contributed by atoms with Crippen LogP contribution in [0.15, 0.2) is 29.1 Å². The molecule has 0 aromatic carbocycles. The number of nitrogens with zero attached hydrogens (tertiary/aromatic N) is 2. The molecule has 1 atom stereocenters. The number of imidazole rings is 1. The highest BCUT2D eigenvalue weighted by Crippen LogP contribution is 2.20. The molecule has 74 valence electrons. The summed E-state index contributed by atoms with van der Waals surface area (Å²) in [7, 11) is 0. The highest BCUT2D eigenvalue weighted by Gasteiger charge is 2.10. The number of aliphatic hydroxyl groups is 1. The summed E-state index contributed by atoms with van der Waals surface area (Å²) in [6.07, 6.45) is 1.01. The lowest BCUT2D eigenvalue weighted by Crippen LogP contribution is -2.14. The van der Waals surface area contributed by atoms with Gasteiger partial charge in [-0.1, -0.05) is 6.07 Å². The summed E-state index contributed by atoms with van der Waals surface area (Å²) in [5.41, 5.74) is 7.09. The third kappa shape index (κ3) is 1.43. The number of aromatic nitrogens is 2. The topological polar surface area (TPSA) is 63.5 Å². The molecule has 3 N–H and O–H groups in total. The van der Waals surface area contributed by atoms with Crippen molar-refractivity contribution < 1.29 is 5.11 Å². The molecule has 2 aromatic rings. The van der Waals surface area contributed by atoms with E-state index in [4.69, 9.17) is 5.73 Å². The number of hydrogen-bond acceptors (Lipinski definition) is 3. The number of nitrogens with two attached hydrogens (primary N) is 1. The third-order valence-corrected chi connectivity index (χ3v) is 2.73. The SMILES string of the molecule is NCC(O)c1cccc2c(Br)ncn12. The van der Waals surface area contributed by atoms with Crippen LogP contribution >= 0.6 is 15.9 Å². The van der Waals surface area contributed by atoms with Crippen LogP contribution in [0.1, 0.15) is 11.8 Å². The number of pyridine rings is 1. The number of fused-ring (bicyclic) bond motifs is 1. The molecule has 0 fully saturated rings. The molecule has 0 saturated heterocycles. The van der Waals surface area contributed by atoms with E-state index >= 15 is 0 Å². The Labute approximate surface area is 89.5 Å². The lowest BCUT2D eigenvalue weighted by atomic mass is 10.2. The van der Waals surface area contributed by atoms with Crippen molar-refractivity contribution in [3.63, 3.8) is 0 Å². The first-order valence-electron chi connectivity index (χ1n) is 4.23. The van der Waals surface area contributed by atoms with Gasteiger partial charge in [0.1, 0.15) is 17.0 Å². The van der Waals surface area contributed by atoms with Gasteiger partial charge in [-0.3, -0.25) is 4.40 Å². The summed E-state index contributed by atoms with van der Waals surface area (Å²) in [6.45, 7) is 0.203. The zero-order valence-corrected chi connectivity index (χ0v) is 8.98. The van der Waals surface area contributed by atoms with Gasteiger partial charge in [0.2, 0.25) is 0 Å². The molecule has 14 heavy (non-hydrogen) atoms. The van der Waals surface area contributed by atoms with Crippen LogP contribution < -0.4 is 5.73 Å². The van der Waals surface area contributed by atoms with E-state index in [0.29, 0.717) is 0 Å². The summed E-state index contributed by atoms with van der Waals surface area (Å²) >= 11 is 3.33. The first-order valence-corrected chi connectivity index (χ1v) is 5.03. The molecule has 4 nitrogen and oxygen atoms in total. The first-order chi connectivity index (χ1) is 6.74. The quantitative estimate of drug-likeness (QED) is 0.845. The van der Waals surface area contributed by atoms with Gasteiger partial charge in [0.15, 0.2) is 0 Å². The van der Waals surface area contributed by atoms with E-state index in [-0.39, 0.29) is 6.54 Å². The van der Waals surface area contributed by atoms with Gasteiger partial charge in [-0.25, -0.2) is 4.98 Å². The highest BCUT2D eigenvalue weighted by molar-refractivity contribution is 9.10. The van der Waals surface area contributed by atoms with E-state index in [1.54, 1.807) is 6.33 Å². The van der Waals surface area contributed by atoms with Crippen LogP contribution in [0.3, 0.4) is 0 Å². The lowest BCUT2D eigenvalue weighted by molar-refractivity contribution is 0.180. The van der Waals surface area contributed by atoms with Crippen molar-refractivity contribution in [1.29, 1.82) is 0 Å². The van der Waals surface area contributed by atoms with E-state index in [9.17, 15) is 5.11 Å². The standard InChI is InChI=1S/C9H10BrN3O/c10-9-7-3-1-2-6(8(14)4-11)13(7)5-12-9/h1-3,5,8,14H,4,11H2. The van der Waals surface area contributed by atoms with Crippen molar-refractivity contribution in [3.8, 4) is 0 Å². The average molecular weight is 256 g/mol. The predicted octanol–water partition coefficient (Wildman–Crippen LogP) is 1.09. The van der Waals surface area contributed by atoms with E-state index < -0.39 is 6.10 Å². The molecule has 0 radical (unpaired) electrons. The second kappa shape index (κ2) is 3.68. The van der Waals surface area contributed by atoms with Crippen molar-refractivity contribution in [2.24, 2.45) is 5.73 Å². The number of halogens is 1. The van der Waals surface area contributed by atoms with Crippen molar-refractivity contribution >= 4 is 21.4 Å². The summed E-state index contributed by atoms with van der Waals surface area (Å²) < 4.78 is 2.59. The minimum Gasteiger partial charge on any atom is -0.386 e. The summed E-state index contributed by atoms with van der Waals surface area (Å²) in [5.74, 6) is 0. The van der Waals surface area contributed by atoms with Crippen molar-refractivity contribution in [2.75, 3.05) is 6.54 Å². The number of aliphatic hydroxyl groups excluding tert-OH is 1. The molecule has 0 aliphatic carbocycles. The largest absolute Gasteiger partial charge is 0.386 e. The Morgan fingerprint density at radius 3 is 3.07 bits per heavy atom. The Morgan fingerprint density at radius 2 is 2.36 bits per heavy atom. The predicted molar refractivity (Wildman–Crippen MR) is 56.9 cm³/mol. The summed E-state index contributed by atoms with van der Waals surface area (Å²) in [6, 6.07) is 5.62. The smallest absolute Gasteiger partial charge is 0.131 e. The zero-order chi connectivity index (χ0) is 10.1. The molecule has 5 heteroatoms. The van der Waals surface area contributed by atoms with Crippen LogP contribution in [0.5, 0.6) is 0 Å². The van der Waals surface area contributed by atoms with E-state index in [2.05, 4.69) is 20.9 Å².